The van der Waals surface area contributed by atoms with Crippen molar-refractivity contribution >= 4 is 5.69 Å². The standard InChI is InChI=1S/C13H14N4O/c1-2-17-9-12(8-16-17)18-11-3-4-13(15)10(7-11)5-6-14/h3-4,7-9H,2,5,15H2,1H3. The molecule has 2 aromatic rings. The second-order valence-electron chi connectivity index (χ2n) is 3.83. The summed E-state index contributed by atoms with van der Waals surface area (Å²) in [5, 5.41) is 12.8. The first-order chi connectivity index (χ1) is 8.72. The molecule has 1 aromatic carbocycles. The summed E-state index contributed by atoms with van der Waals surface area (Å²) in [5.41, 5.74) is 7.15. The number of aryl methyl sites for hydroxylation is 1. The highest BCUT2D eigenvalue weighted by molar-refractivity contribution is 5.52. The van der Waals surface area contributed by atoms with E-state index in [4.69, 9.17) is 15.7 Å². The zero-order valence-corrected chi connectivity index (χ0v) is 10.1. The first kappa shape index (κ1) is 12.0. The maximum absolute atomic E-state index is 8.70. The average molecular weight is 242 g/mol. The first-order valence-corrected chi connectivity index (χ1v) is 5.68. The second kappa shape index (κ2) is 5.23. The molecule has 0 aliphatic heterocycles. The van der Waals surface area contributed by atoms with Crippen LogP contribution in [0.15, 0.2) is 30.6 Å². The molecule has 0 fully saturated rings. The lowest BCUT2D eigenvalue weighted by Gasteiger charge is -2.06. The Morgan fingerprint density at radius 3 is 2.94 bits per heavy atom. The maximum Gasteiger partial charge on any atom is 0.165 e. The Labute approximate surface area is 105 Å². The molecule has 0 saturated heterocycles. The lowest BCUT2D eigenvalue weighted by molar-refractivity contribution is 0.481. The van der Waals surface area contributed by atoms with Crippen LogP contribution in [0.2, 0.25) is 0 Å². The van der Waals surface area contributed by atoms with Crippen molar-refractivity contribution in [2.24, 2.45) is 0 Å². The normalized spacial score (nSPS) is 10.0. The molecule has 0 amide bonds. The van der Waals surface area contributed by atoms with Gasteiger partial charge in [-0.2, -0.15) is 10.4 Å². The zero-order valence-electron chi connectivity index (χ0n) is 10.1. The third kappa shape index (κ3) is 2.61. The molecule has 0 radical (unpaired) electrons. The van der Waals surface area contributed by atoms with Crippen molar-refractivity contribution in [1.82, 2.24) is 9.78 Å². The number of hydrogen-bond donors (Lipinski definition) is 1. The largest absolute Gasteiger partial charge is 0.454 e. The summed E-state index contributed by atoms with van der Waals surface area (Å²) in [7, 11) is 0. The molecular formula is C13H14N4O. The van der Waals surface area contributed by atoms with Gasteiger partial charge >= 0.3 is 0 Å². The molecule has 2 N–H and O–H groups in total. The van der Waals surface area contributed by atoms with Crippen LogP contribution < -0.4 is 10.5 Å². The predicted molar refractivity (Wildman–Crippen MR) is 68.1 cm³/mol. The van der Waals surface area contributed by atoms with Crippen LogP contribution in [0.4, 0.5) is 5.69 Å². The van der Waals surface area contributed by atoms with Crippen molar-refractivity contribution in [3.05, 3.63) is 36.2 Å². The maximum atomic E-state index is 8.70. The highest BCUT2D eigenvalue weighted by atomic mass is 16.5. The minimum atomic E-state index is 0.275. The number of nitrogens with zero attached hydrogens (tertiary/aromatic N) is 3. The summed E-state index contributed by atoms with van der Waals surface area (Å²) in [5.74, 6) is 1.33. The van der Waals surface area contributed by atoms with Gasteiger partial charge in [0.05, 0.1) is 24.9 Å². The molecule has 0 spiro atoms. The van der Waals surface area contributed by atoms with Crippen molar-refractivity contribution < 1.29 is 4.74 Å². The molecule has 0 bridgehead atoms. The van der Waals surface area contributed by atoms with Crippen molar-refractivity contribution in [3.8, 4) is 17.6 Å². The topological polar surface area (TPSA) is 76.9 Å². The summed E-state index contributed by atoms with van der Waals surface area (Å²) >= 11 is 0. The van der Waals surface area contributed by atoms with Crippen LogP contribution in [0.3, 0.4) is 0 Å². The van der Waals surface area contributed by atoms with Crippen molar-refractivity contribution in [2.75, 3.05) is 5.73 Å². The van der Waals surface area contributed by atoms with Gasteiger partial charge in [-0.25, -0.2) is 0 Å². The van der Waals surface area contributed by atoms with E-state index in [0.29, 0.717) is 17.2 Å². The molecule has 5 heteroatoms. The molecule has 2 rings (SSSR count). The number of aromatic nitrogens is 2. The number of hydrogen-bond acceptors (Lipinski definition) is 4. The lowest BCUT2D eigenvalue weighted by Crippen LogP contribution is -1.94. The smallest absolute Gasteiger partial charge is 0.165 e. The van der Waals surface area contributed by atoms with Gasteiger partial charge < -0.3 is 10.5 Å². The molecule has 0 saturated carbocycles. The van der Waals surface area contributed by atoms with Gasteiger partial charge in [0.25, 0.3) is 0 Å². The Kier molecular flexibility index (Phi) is 3.49. The summed E-state index contributed by atoms with van der Waals surface area (Å²) in [4.78, 5) is 0. The van der Waals surface area contributed by atoms with E-state index < -0.39 is 0 Å². The van der Waals surface area contributed by atoms with E-state index in [1.807, 2.05) is 13.1 Å². The van der Waals surface area contributed by atoms with E-state index >= 15 is 0 Å². The van der Waals surface area contributed by atoms with Gasteiger partial charge in [-0.05, 0) is 30.7 Å². The molecule has 92 valence electrons. The quantitative estimate of drug-likeness (QED) is 0.835. The fourth-order valence-corrected chi connectivity index (χ4v) is 1.59. The van der Waals surface area contributed by atoms with Crippen LogP contribution in [-0.2, 0) is 13.0 Å². The molecule has 0 atom stereocenters. The molecule has 1 aromatic heterocycles. The van der Waals surface area contributed by atoms with Gasteiger partial charge in [0.1, 0.15) is 5.75 Å². The van der Waals surface area contributed by atoms with E-state index in [0.717, 1.165) is 12.1 Å². The Morgan fingerprint density at radius 2 is 2.28 bits per heavy atom. The van der Waals surface area contributed by atoms with Gasteiger partial charge in [-0.1, -0.05) is 0 Å². The predicted octanol–water partition coefficient (Wildman–Crippen LogP) is 2.34. The van der Waals surface area contributed by atoms with Crippen molar-refractivity contribution in [1.29, 1.82) is 5.26 Å². The van der Waals surface area contributed by atoms with Gasteiger partial charge in [0, 0.05) is 12.2 Å². The fraction of sp³-hybridized carbons (Fsp3) is 0.231. The molecule has 0 aliphatic carbocycles. The number of nitrogen functional groups attached to an aromatic ring is 1. The van der Waals surface area contributed by atoms with E-state index in [1.54, 1.807) is 29.1 Å². The number of anilines is 1. The third-order valence-electron chi connectivity index (χ3n) is 2.55. The lowest BCUT2D eigenvalue weighted by atomic mass is 10.1. The molecule has 1 heterocycles. The monoisotopic (exact) mass is 242 g/mol. The number of nitrogens with two attached hydrogens (primary N) is 1. The summed E-state index contributed by atoms with van der Waals surface area (Å²) < 4.78 is 7.44. The fourth-order valence-electron chi connectivity index (χ4n) is 1.59. The highest BCUT2D eigenvalue weighted by Crippen LogP contribution is 2.25. The Morgan fingerprint density at radius 1 is 1.44 bits per heavy atom. The van der Waals surface area contributed by atoms with Crippen LogP contribution in [0, 0.1) is 11.3 Å². The Bertz CT molecular complexity index is 583. The highest BCUT2D eigenvalue weighted by Gasteiger charge is 2.04. The number of ether oxygens (including phenoxy) is 1. The van der Waals surface area contributed by atoms with Gasteiger partial charge in [0.15, 0.2) is 5.75 Å². The number of nitriles is 1. The van der Waals surface area contributed by atoms with E-state index in [2.05, 4.69) is 11.2 Å². The number of benzene rings is 1. The third-order valence-corrected chi connectivity index (χ3v) is 2.55. The van der Waals surface area contributed by atoms with Gasteiger partial charge in [-0.15, -0.1) is 0 Å². The van der Waals surface area contributed by atoms with Crippen LogP contribution >= 0.6 is 0 Å². The van der Waals surface area contributed by atoms with Crippen LogP contribution in [-0.4, -0.2) is 9.78 Å². The van der Waals surface area contributed by atoms with Crippen LogP contribution in [0.1, 0.15) is 12.5 Å². The zero-order chi connectivity index (χ0) is 13.0. The SMILES string of the molecule is CCn1cc(Oc2ccc(N)c(CC#N)c2)cn1. The molecule has 18 heavy (non-hydrogen) atoms. The minimum absolute atomic E-state index is 0.275. The molecule has 0 unspecified atom stereocenters. The minimum Gasteiger partial charge on any atom is -0.454 e. The summed E-state index contributed by atoms with van der Waals surface area (Å²) in [6.07, 6.45) is 3.75. The Hall–Kier alpha value is -2.48. The van der Waals surface area contributed by atoms with Crippen molar-refractivity contribution in [2.45, 2.75) is 19.9 Å². The number of rotatable bonds is 4. The van der Waals surface area contributed by atoms with Gasteiger partial charge in [0.2, 0.25) is 0 Å². The second-order valence-corrected chi connectivity index (χ2v) is 3.83. The van der Waals surface area contributed by atoms with E-state index in [-0.39, 0.29) is 6.42 Å². The summed E-state index contributed by atoms with van der Waals surface area (Å²) in [6, 6.07) is 7.38. The van der Waals surface area contributed by atoms with Crippen molar-refractivity contribution in [3.63, 3.8) is 0 Å². The summed E-state index contributed by atoms with van der Waals surface area (Å²) in [6.45, 7) is 2.80. The molecular weight excluding hydrogens is 228 g/mol. The average Bonchev–Trinajstić information content (AvgIpc) is 2.81. The van der Waals surface area contributed by atoms with Gasteiger partial charge in [-0.3, -0.25) is 4.68 Å². The van der Waals surface area contributed by atoms with Crippen LogP contribution in [0.5, 0.6) is 11.5 Å². The first-order valence-electron chi connectivity index (χ1n) is 5.68. The molecule has 0 aliphatic rings. The van der Waals surface area contributed by atoms with E-state index in [1.165, 1.54) is 0 Å². The molecule has 5 nitrogen and oxygen atoms in total. The van der Waals surface area contributed by atoms with E-state index in [9.17, 15) is 0 Å². The van der Waals surface area contributed by atoms with Crippen LogP contribution in [0.25, 0.3) is 0 Å². The Balaban J connectivity index is 2.19.